The number of ether oxygens (including phenoxy) is 1. The summed E-state index contributed by atoms with van der Waals surface area (Å²) in [6, 6.07) is 9.74. The molecule has 1 aromatic heterocycles. The van der Waals surface area contributed by atoms with Gasteiger partial charge in [0.05, 0.1) is 11.4 Å². The van der Waals surface area contributed by atoms with Crippen molar-refractivity contribution in [1.82, 2.24) is 10.2 Å². The molecule has 0 radical (unpaired) electrons. The Morgan fingerprint density at radius 1 is 1.27 bits per heavy atom. The molecule has 0 unspecified atom stereocenters. The number of para-hydroxylation sites is 1. The molecule has 0 fully saturated rings. The van der Waals surface area contributed by atoms with Crippen LogP contribution in [0.3, 0.4) is 0 Å². The minimum absolute atomic E-state index is 0.0578. The van der Waals surface area contributed by atoms with Crippen molar-refractivity contribution in [2.24, 2.45) is 0 Å². The van der Waals surface area contributed by atoms with Crippen molar-refractivity contribution in [3.05, 3.63) is 40.8 Å². The molecule has 26 heavy (non-hydrogen) atoms. The third-order valence-electron chi connectivity index (χ3n) is 4.05. The maximum atomic E-state index is 12.9. The Morgan fingerprint density at radius 2 is 2.00 bits per heavy atom. The summed E-state index contributed by atoms with van der Waals surface area (Å²) in [6.45, 7) is 8.66. The summed E-state index contributed by atoms with van der Waals surface area (Å²) in [5, 5.41) is 2.90. The number of likely N-dealkylation sites (N-methyl/N-ethyl adjacent to an activating group) is 1. The third kappa shape index (κ3) is 3.90. The van der Waals surface area contributed by atoms with Gasteiger partial charge in [0, 0.05) is 28.1 Å². The van der Waals surface area contributed by atoms with Gasteiger partial charge in [-0.15, -0.1) is 11.3 Å². The molecule has 0 aliphatic carbocycles. The SMILES string of the molecule is CCN(CC(=O)NC(C)(C)C)C(=O)c1cc2c(s1)-c1ccccc1OC2. The Bertz CT molecular complexity index is 836. The van der Waals surface area contributed by atoms with Crippen molar-refractivity contribution in [1.29, 1.82) is 0 Å². The fourth-order valence-corrected chi connectivity index (χ4v) is 4.08. The Hall–Kier alpha value is -2.34. The van der Waals surface area contributed by atoms with E-state index in [0.29, 0.717) is 18.0 Å². The van der Waals surface area contributed by atoms with E-state index in [9.17, 15) is 9.59 Å². The molecule has 6 heteroatoms. The van der Waals surface area contributed by atoms with E-state index in [4.69, 9.17) is 4.74 Å². The highest BCUT2D eigenvalue weighted by atomic mass is 32.1. The van der Waals surface area contributed by atoms with E-state index in [1.807, 2.05) is 58.0 Å². The van der Waals surface area contributed by atoms with Crippen molar-refractivity contribution in [3.8, 4) is 16.2 Å². The molecule has 1 aliphatic heterocycles. The van der Waals surface area contributed by atoms with E-state index < -0.39 is 0 Å². The maximum absolute atomic E-state index is 12.9. The monoisotopic (exact) mass is 372 g/mol. The van der Waals surface area contributed by atoms with Gasteiger partial charge in [0.25, 0.3) is 5.91 Å². The first-order valence-corrected chi connectivity index (χ1v) is 9.55. The van der Waals surface area contributed by atoms with Gasteiger partial charge in [-0.1, -0.05) is 12.1 Å². The van der Waals surface area contributed by atoms with Crippen molar-refractivity contribution in [2.75, 3.05) is 13.1 Å². The van der Waals surface area contributed by atoms with Crippen LogP contribution in [0.15, 0.2) is 30.3 Å². The summed E-state index contributed by atoms with van der Waals surface area (Å²) in [4.78, 5) is 28.4. The second-order valence-corrected chi connectivity index (χ2v) is 8.42. The second kappa shape index (κ2) is 7.11. The van der Waals surface area contributed by atoms with Crippen molar-refractivity contribution in [2.45, 2.75) is 39.8 Å². The molecular weight excluding hydrogens is 348 g/mol. The standard InChI is InChI=1S/C20H24N2O3S/c1-5-22(11-17(23)21-20(2,3)4)19(24)16-10-13-12-25-15-9-7-6-8-14(15)18(13)26-16/h6-10H,5,11-12H2,1-4H3,(H,21,23). The predicted octanol–water partition coefficient (Wildman–Crippen LogP) is 3.68. The number of benzene rings is 1. The first-order chi connectivity index (χ1) is 12.3. The third-order valence-corrected chi connectivity index (χ3v) is 5.25. The number of thiophene rings is 1. The van der Waals surface area contributed by atoms with Gasteiger partial charge in [0.15, 0.2) is 0 Å². The lowest BCUT2D eigenvalue weighted by Crippen LogP contribution is -2.47. The van der Waals surface area contributed by atoms with Gasteiger partial charge in [-0.25, -0.2) is 0 Å². The lowest BCUT2D eigenvalue weighted by Gasteiger charge is -2.24. The number of carbonyl (C=O) groups excluding carboxylic acids is 2. The van der Waals surface area contributed by atoms with Crippen LogP contribution in [0.2, 0.25) is 0 Å². The number of rotatable bonds is 4. The van der Waals surface area contributed by atoms with E-state index >= 15 is 0 Å². The van der Waals surface area contributed by atoms with Crippen LogP contribution < -0.4 is 10.1 Å². The number of fused-ring (bicyclic) bond motifs is 3. The van der Waals surface area contributed by atoms with E-state index in [1.54, 1.807) is 4.90 Å². The average Bonchev–Trinajstić information content (AvgIpc) is 3.02. The minimum Gasteiger partial charge on any atom is -0.488 e. The van der Waals surface area contributed by atoms with Crippen LogP contribution >= 0.6 is 11.3 Å². The molecule has 0 saturated carbocycles. The molecule has 0 spiro atoms. The Morgan fingerprint density at radius 3 is 2.69 bits per heavy atom. The van der Waals surface area contributed by atoms with Crippen LogP contribution in [0.4, 0.5) is 0 Å². The molecule has 2 aromatic rings. The molecule has 0 atom stereocenters. The smallest absolute Gasteiger partial charge is 0.264 e. The molecule has 3 rings (SSSR count). The average molecular weight is 372 g/mol. The van der Waals surface area contributed by atoms with E-state index in [0.717, 1.165) is 21.8 Å². The summed E-state index contributed by atoms with van der Waals surface area (Å²) in [5.74, 6) is 0.578. The molecule has 2 amide bonds. The zero-order chi connectivity index (χ0) is 18.9. The molecule has 1 aromatic carbocycles. The van der Waals surface area contributed by atoms with Crippen LogP contribution in [-0.2, 0) is 11.4 Å². The first kappa shape index (κ1) is 18.5. The van der Waals surface area contributed by atoms with E-state index in [1.165, 1.54) is 11.3 Å². The number of carbonyl (C=O) groups is 2. The normalized spacial score (nSPS) is 12.6. The minimum atomic E-state index is -0.317. The molecule has 138 valence electrons. The van der Waals surface area contributed by atoms with Crippen molar-refractivity contribution >= 4 is 23.2 Å². The highest BCUT2D eigenvalue weighted by molar-refractivity contribution is 7.17. The molecule has 2 heterocycles. The van der Waals surface area contributed by atoms with Gasteiger partial charge in [0.2, 0.25) is 5.91 Å². The second-order valence-electron chi connectivity index (χ2n) is 7.37. The topological polar surface area (TPSA) is 58.6 Å². The Kier molecular flexibility index (Phi) is 5.05. The highest BCUT2D eigenvalue weighted by Gasteiger charge is 2.26. The largest absolute Gasteiger partial charge is 0.488 e. The summed E-state index contributed by atoms with van der Waals surface area (Å²) in [6.07, 6.45) is 0. The van der Waals surface area contributed by atoms with Gasteiger partial charge in [-0.2, -0.15) is 0 Å². The van der Waals surface area contributed by atoms with Gasteiger partial charge in [0.1, 0.15) is 12.4 Å². The Labute approximate surface area is 158 Å². The molecule has 0 bridgehead atoms. The Balaban J connectivity index is 1.80. The van der Waals surface area contributed by atoms with Crippen LogP contribution in [0.5, 0.6) is 5.75 Å². The lowest BCUT2D eigenvalue weighted by atomic mass is 10.1. The number of hydrogen-bond acceptors (Lipinski definition) is 4. The summed E-state index contributed by atoms with van der Waals surface area (Å²) < 4.78 is 5.77. The molecule has 5 nitrogen and oxygen atoms in total. The van der Waals surface area contributed by atoms with E-state index in [2.05, 4.69) is 5.32 Å². The number of nitrogens with zero attached hydrogens (tertiary/aromatic N) is 1. The highest BCUT2D eigenvalue weighted by Crippen LogP contribution is 2.42. The zero-order valence-corrected chi connectivity index (χ0v) is 16.4. The van der Waals surface area contributed by atoms with Crippen molar-refractivity contribution in [3.63, 3.8) is 0 Å². The fourth-order valence-electron chi connectivity index (χ4n) is 2.92. The predicted molar refractivity (Wildman–Crippen MR) is 104 cm³/mol. The van der Waals surface area contributed by atoms with Crippen LogP contribution in [0.25, 0.3) is 10.4 Å². The fraction of sp³-hybridized carbons (Fsp3) is 0.400. The number of amides is 2. The van der Waals surface area contributed by atoms with Gasteiger partial charge < -0.3 is 15.0 Å². The summed E-state index contributed by atoms with van der Waals surface area (Å²) in [7, 11) is 0. The quantitative estimate of drug-likeness (QED) is 0.891. The summed E-state index contributed by atoms with van der Waals surface area (Å²) in [5.41, 5.74) is 1.72. The summed E-state index contributed by atoms with van der Waals surface area (Å²) >= 11 is 1.47. The number of hydrogen-bond donors (Lipinski definition) is 1. The van der Waals surface area contributed by atoms with Crippen molar-refractivity contribution < 1.29 is 14.3 Å². The van der Waals surface area contributed by atoms with Crippen LogP contribution in [0, 0.1) is 0 Å². The lowest BCUT2D eigenvalue weighted by molar-refractivity contribution is -0.123. The molecule has 0 saturated heterocycles. The van der Waals surface area contributed by atoms with Crippen LogP contribution in [0.1, 0.15) is 42.9 Å². The van der Waals surface area contributed by atoms with E-state index in [-0.39, 0.29) is 23.9 Å². The van der Waals surface area contributed by atoms with Crippen LogP contribution in [-0.4, -0.2) is 35.3 Å². The molecule has 1 N–H and O–H groups in total. The zero-order valence-electron chi connectivity index (χ0n) is 15.6. The van der Waals surface area contributed by atoms with Gasteiger partial charge in [-0.3, -0.25) is 9.59 Å². The molecular formula is C20H24N2O3S. The number of nitrogens with one attached hydrogen (secondary N) is 1. The van der Waals surface area contributed by atoms with Gasteiger partial charge >= 0.3 is 0 Å². The molecule has 1 aliphatic rings. The maximum Gasteiger partial charge on any atom is 0.264 e. The van der Waals surface area contributed by atoms with Gasteiger partial charge in [-0.05, 0) is 45.9 Å². The first-order valence-electron chi connectivity index (χ1n) is 8.73.